The second kappa shape index (κ2) is 8.91. The van der Waals surface area contributed by atoms with E-state index in [0.717, 1.165) is 28.5 Å². The summed E-state index contributed by atoms with van der Waals surface area (Å²) >= 11 is 0. The normalized spacial score (nSPS) is 19.5. The number of aromatic nitrogens is 1. The lowest BCUT2D eigenvalue weighted by molar-refractivity contribution is 0.244. The molecule has 4 heteroatoms. The largest absolute Gasteiger partial charge is 0.389 e. The molecule has 1 aromatic heterocycles. The summed E-state index contributed by atoms with van der Waals surface area (Å²) in [6.45, 7) is 7.49. The SMILES string of the molecule is CC(C)(C)NCc1cc(Nc2ccnc3c2=CCC(O)C=3)cc(C2CCCCC2)c1. The van der Waals surface area contributed by atoms with E-state index < -0.39 is 6.10 Å². The fraction of sp³-hybridized carbons (Fsp3) is 0.500. The van der Waals surface area contributed by atoms with Gasteiger partial charge in [-0.1, -0.05) is 31.4 Å². The summed E-state index contributed by atoms with van der Waals surface area (Å²) in [5.41, 5.74) is 5.06. The molecule has 3 N–H and O–H groups in total. The van der Waals surface area contributed by atoms with Crippen LogP contribution in [-0.2, 0) is 6.54 Å². The summed E-state index contributed by atoms with van der Waals surface area (Å²) in [6, 6.07) is 9.03. The number of anilines is 2. The Morgan fingerprint density at radius 2 is 1.90 bits per heavy atom. The number of nitrogens with zero attached hydrogens (tertiary/aromatic N) is 1. The molecule has 4 rings (SSSR count). The van der Waals surface area contributed by atoms with Crippen molar-refractivity contribution in [3.8, 4) is 0 Å². The van der Waals surface area contributed by atoms with Gasteiger partial charge in [0.25, 0.3) is 0 Å². The summed E-state index contributed by atoms with van der Waals surface area (Å²) in [5, 5.41) is 19.2. The molecule has 2 aliphatic rings. The molecule has 160 valence electrons. The van der Waals surface area contributed by atoms with Crippen LogP contribution in [-0.4, -0.2) is 21.7 Å². The van der Waals surface area contributed by atoms with Gasteiger partial charge in [0.15, 0.2) is 0 Å². The van der Waals surface area contributed by atoms with Gasteiger partial charge in [-0.2, -0.15) is 0 Å². The zero-order valence-electron chi connectivity index (χ0n) is 18.5. The highest BCUT2D eigenvalue weighted by Gasteiger charge is 2.18. The highest BCUT2D eigenvalue weighted by atomic mass is 16.3. The van der Waals surface area contributed by atoms with E-state index in [2.05, 4.69) is 60.7 Å². The maximum Gasteiger partial charge on any atom is 0.0779 e. The first-order valence-corrected chi connectivity index (χ1v) is 11.4. The van der Waals surface area contributed by atoms with Crippen LogP contribution in [0.5, 0.6) is 0 Å². The van der Waals surface area contributed by atoms with Crippen molar-refractivity contribution in [3.63, 3.8) is 0 Å². The maximum absolute atomic E-state index is 9.92. The summed E-state index contributed by atoms with van der Waals surface area (Å²) in [5.74, 6) is 0.662. The Bertz CT molecular complexity index is 1000. The number of hydrogen-bond acceptors (Lipinski definition) is 4. The average molecular weight is 406 g/mol. The lowest BCUT2D eigenvalue weighted by Gasteiger charge is -2.25. The Morgan fingerprint density at radius 3 is 2.67 bits per heavy atom. The molecule has 1 unspecified atom stereocenters. The van der Waals surface area contributed by atoms with Crippen LogP contribution in [0.2, 0.25) is 0 Å². The standard InChI is InChI=1S/C26H35N3O/c1-26(2,3)28-17-18-13-20(19-7-5-4-6-8-19)15-21(14-18)29-24-11-12-27-25-16-22(30)9-10-23(24)25/h10-16,19,22,28-30H,4-9,17H2,1-3H3. The quantitative estimate of drug-likeness (QED) is 0.701. The van der Waals surface area contributed by atoms with Gasteiger partial charge in [-0.25, -0.2) is 0 Å². The van der Waals surface area contributed by atoms with Gasteiger partial charge >= 0.3 is 0 Å². The molecule has 2 aliphatic carbocycles. The summed E-state index contributed by atoms with van der Waals surface area (Å²) < 4.78 is 0. The number of hydrogen-bond donors (Lipinski definition) is 3. The highest BCUT2D eigenvalue weighted by Crippen LogP contribution is 2.34. The number of nitrogens with one attached hydrogen (secondary N) is 2. The van der Waals surface area contributed by atoms with Crippen LogP contribution in [0.1, 0.15) is 76.3 Å². The lowest BCUT2D eigenvalue weighted by atomic mass is 9.83. The van der Waals surface area contributed by atoms with E-state index in [9.17, 15) is 5.11 Å². The minimum absolute atomic E-state index is 0.0875. The Hall–Kier alpha value is -2.17. The minimum atomic E-state index is -0.440. The number of aliphatic hydroxyl groups is 1. The van der Waals surface area contributed by atoms with E-state index in [1.165, 1.54) is 43.2 Å². The van der Waals surface area contributed by atoms with Crippen molar-refractivity contribution in [1.82, 2.24) is 10.3 Å². The van der Waals surface area contributed by atoms with E-state index in [4.69, 9.17) is 0 Å². The first-order chi connectivity index (χ1) is 14.4. The number of aliphatic hydroxyl groups excluding tert-OH is 1. The number of pyridine rings is 1. The molecule has 30 heavy (non-hydrogen) atoms. The fourth-order valence-corrected chi connectivity index (χ4v) is 4.52. The first kappa shape index (κ1) is 21.1. The van der Waals surface area contributed by atoms with Crippen molar-refractivity contribution in [2.45, 2.75) is 83.4 Å². The molecular weight excluding hydrogens is 370 g/mol. The first-order valence-electron chi connectivity index (χ1n) is 11.4. The van der Waals surface area contributed by atoms with Gasteiger partial charge in [0, 0.05) is 34.9 Å². The summed E-state index contributed by atoms with van der Waals surface area (Å²) in [4.78, 5) is 4.44. The van der Waals surface area contributed by atoms with Crippen molar-refractivity contribution in [3.05, 3.63) is 52.2 Å². The van der Waals surface area contributed by atoms with Gasteiger partial charge in [0.2, 0.25) is 0 Å². The smallest absolute Gasteiger partial charge is 0.0779 e. The van der Waals surface area contributed by atoms with Gasteiger partial charge in [-0.05, 0) is 81.4 Å². The molecule has 0 bridgehead atoms. The monoisotopic (exact) mass is 405 g/mol. The molecule has 1 atom stereocenters. The van der Waals surface area contributed by atoms with E-state index in [-0.39, 0.29) is 5.54 Å². The van der Waals surface area contributed by atoms with E-state index >= 15 is 0 Å². The third-order valence-electron chi connectivity index (χ3n) is 6.13. The van der Waals surface area contributed by atoms with Gasteiger partial charge in [-0.15, -0.1) is 0 Å². The van der Waals surface area contributed by atoms with Crippen LogP contribution in [0.3, 0.4) is 0 Å². The molecule has 0 saturated heterocycles. The van der Waals surface area contributed by atoms with Crippen molar-refractivity contribution < 1.29 is 5.11 Å². The third kappa shape index (κ3) is 5.30. The molecule has 0 aliphatic heterocycles. The number of fused-ring (bicyclic) bond motifs is 1. The molecule has 0 spiro atoms. The Labute approximate surface area is 180 Å². The molecule has 1 saturated carbocycles. The van der Waals surface area contributed by atoms with Crippen LogP contribution in [0.15, 0.2) is 30.5 Å². The molecule has 4 nitrogen and oxygen atoms in total. The molecular formula is C26H35N3O. The van der Waals surface area contributed by atoms with Gasteiger partial charge < -0.3 is 15.7 Å². The topological polar surface area (TPSA) is 57.2 Å². The Balaban J connectivity index is 1.67. The minimum Gasteiger partial charge on any atom is -0.389 e. The van der Waals surface area contributed by atoms with E-state index in [1.807, 2.05) is 18.3 Å². The van der Waals surface area contributed by atoms with Crippen LogP contribution in [0.25, 0.3) is 12.2 Å². The Kier molecular flexibility index (Phi) is 6.26. The van der Waals surface area contributed by atoms with Gasteiger partial charge in [0.1, 0.15) is 0 Å². The summed E-state index contributed by atoms with van der Waals surface area (Å²) in [7, 11) is 0. The van der Waals surface area contributed by atoms with Gasteiger partial charge in [0.05, 0.1) is 11.5 Å². The second-order valence-electron chi connectivity index (χ2n) is 9.86. The molecule has 1 heterocycles. The van der Waals surface area contributed by atoms with Gasteiger partial charge in [-0.3, -0.25) is 4.98 Å². The fourth-order valence-electron chi connectivity index (χ4n) is 4.52. The van der Waals surface area contributed by atoms with Crippen LogP contribution in [0, 0.1) is 0 Å². The second-order valence-corrected chi connectivity index (χ2v) is 9.86. The molecule has 0 radical (unpaired) electrons. The number of rotatable bonds is 5. The lowest BCUT2D eigenvalue weighted by Crippen LogP contribution is -2.35. The van der Waals surface area contributed by atoms with E-state index in [0.29, 0.717) is 12.3 Å². The average Bonchev–Trinajstić information content (AvgIpc) is 2.72. The zero-order chi connectivity index (χ0) is 21.1. The highest BCUT2D eigenvalue weighted by molar-refractivity contribution is 5.64. The zero-order valence-corrected chi connectivity index (χ0v) is 18.5. The van der Waals surface area contributed by atoms with Crippen molar-refractivity contribution >= 4 is 23.5 Å². The van der Waals surface area contributed by atoms with Crippen LogP contribution < -0.4 is 21.2 Å². The number of benzene rings is 1. The van der Waals surface area contributed by atoms with E-state index in [1.54, 1.807) is 0 Å². The van der Waals surface area contributed by atoms with Crippen LogP contribution >= 0.6 is 0 Å². The molecule has 1 fully saturated rings. The van der Waals surface area contributed by atoms with Crippen molar-refractivity contribution in [2.24, 2.45) is 0 Å². The predicted octanol–water partition coefficient (Wildman–Crippen LogP) is 4.09. The van der Waals surface area contributed by atoms with Crippen LogP contribution in [0.4, 0.5) is 11.4 Å². The molecule has 1 aromatic carbocycles. The third-order valence-corrected chi connectivity index (χ3v) is 6.13. The maximum atomic E-state index is 9.92. The summed E-state index contributed by atoms with van der Waals surface area (Å²) in [6.07, 6.45) is 12.6. The predicted molar refractivity (Wildman–Crippen MR) is 125 cm³/mol. The molecule has 2 aromatic rings. The van der Waals surface area contributed by atoms with Crippen molar-refractivity contribution in [1.29, 1.82) is 0 Å². The van der Waals surface area contributed by atoms with Crippen molar-refractivity contribution in [2.75, 3.05) is 5.32 Å². The Morgan fingerprint density at radius 1 is 1.10 bits per heavy atom. The molecule has 0 amide bonds.